The summed E-state index contributed by atoms with van der Waals surface area (Å²) in [5.74, 6) is -0.131. The summed E-state index contributed by atoms with van der Waals surface area (Å²) in [6, 6.07) is 22.8. The summed E-state index contributed by atoms with van der Waals surface area (Å²) in [6.07, 6.45) is 0.131. The van der Waals surface area contributed by atoms with Crippen molar-refractivity contribution in [1.82, 2.24) is 9.97 Å². The van der Waals surface area contributed by atoms with Crippen molar-refractivity contribution in [1.29, 1.82) is 0 Å². The van der Waals surface area contributed by atoms with E-state index in [1.54, 1.807) is 0 Å². The van der Waals surface area contributed by atoms with E-state index in [1.807, 2.05) is 72.8 Å². The molecule has 5 rings (SSSR count). The first-order valence-corrected chi connectivity index (χ1v) is 9.42. The minimum absolute atomic E-state index is 0.131. The van der Waals surface area contributed by atoms with Crippen molar-refractivity contribution in [2.24, 2.45) is 0 Å². The summed E-state index contributed by atoms with van der Waals surface area (Å²) in [7, 11) is 0. The molecule has 4 aromatic rings. The van der Waals surface area contributed by atoms with E-state index >= 15 is 0 Å². The smallest absolute Gasteiger partial charge is 0.232 e. The predicted octanol–water partition coefficient (Wildman–Crippen LogP) is 4.29. The van der Waals surface area contributed by atoms with Crippen LogP contribution in [0.5, 0.6) is 0 Å². The van der Waals surface area contributed by atoms with Crippen LogP contribution in [0.25, 0.3) is 22.4 Å². The lowest BCUT2D eigenvalue weighted by molar-refractivity contribution is -0.123. The molecule has 3 N–H and O–H groups in total. The van der Waals surface area contributed by atoms with Gasteiger partial charge in [0.25, 0.3) is 0 Å². The van der Waals surface area contributed by atoms with Gasteiger partial charge < -0.3 is 15.6 Å². The third-order valence-corrected chi connectivity index (χ3v) is 5.11. The Hall–Kier alpha value is -3.93. The first-order valence-electron chi connectivity index (χ1n) is 9.42. The van der Waals surface area contributed by atoms with Crippen LogP contribution in [-0.4, -0.2) is 21.8 Å². The van der Waals surface area contributed by atoms with E-state index < -0.39 is 5.92 Å². The molecule has 29 heavy (non-hydrogen) atoms. The van der Waals surface area contributed by atoms with Gasteiger partial charge in [0.05, 0.1) is 17.0 Å². The number of hydrogen-bond donors (Lipinski definition) is 3. The molecule has 0 radical (unpaired) electrons. The van der Waals surface area contributed by atoms with Gasteiger partial charge in [0.2, 0.25) is 11.8 Å². The fraction of sp³-hybridized carbons (Fsp3) is 0.0870. The Labute approximate surface area is 167 Å². The molecule has 0 fully saturated rings. The highest BCUT2D eigenvalue weighted by Gasteiger charge is 2.30. The number of carbonyl (C=O) groups is 2. The monoisotopic (exact) mass is 382 g/mol. The van der Waals surface area contributed by atoms with Crippen LogP contribution in [0.2, 0.25) is 0 Å². The molecule has 0 saturated heterocycles. The van der Waals surface area contributed by atoms with E-state index in [9.17, 15) is 9.59 Å². The van der Waals surface area contributed by atoms with Gasteiger partial charge in [-0.1, -0.05) is 42.5 Å². The molecule has 1 aliphatic rings. The number of carbonyl (C=O) groups excluding carboxylic acids is 2. The number of rotatable bonds is 3. The Kier molecular flexibility index (Phi) is 4.09. The fourth-order valence-electron chi connectivity index (χ4n) is 3.71. The molecule has 6 nitrogen and oxygen atoms in total. The number of para-hydroxylation sites is 3. The lowest BCUT2D eigenvalue weighted by atomic mass is 9.90. The molecule has 1 aromatic heterocycles. The van der Waals surface area contributed by atoms with Crippen LogP contribution >= 0.6 is 0 Å². The molecular weight excluding hydrogens is 364 g/mol. The van der Waals surface area contributed by atoms with E-state index in [0.29, 0.717) is 11.4 Å². The number of anilines is 2. The fourth-order valence-corrected chi connectivity index (χ4v) is 3.71. The van der Waals surface area contributed by atoms with Gasteiger partial charge in [0, 0.05) is 23.4 Å². The van der Waals surface area contributed by atoms with Gasteiger partial charge in [-0.15, -0.1) is 0 Å². The third kappa shape index (κ3) is 3.25. The van der Waals surface area contributed by atoms with Gasteiger partial charge in [0.1, 0.15) is 5.82 Å². The second-order valence-corrected chi connectivity index (χ2v) is 7.06. The quantitative estimate of drug-likeness (QED) is 0.494. The van der Waals surface area contributed by atoms with E-state index in [2.05, 4.69) is 20.6 Å². The zero-order chi connectivity index (χ0) is 19.8. The second kappa shape index (κ2) is 6.91. The number of hydrogen-bond acceptors (Lipinski definition) is 3. The second-order valence-electron chi connectivity index (χ2n) is 7.06. The molecule has 0 saturated carbocycles. The number of fused-ring (bicyclic) bond motifs is 2. The first kappa shape index (κ1) is 17.2. The highest BCUT2D eigenvalue weighted by atomic mass is 16.2. The number of benzene rings is 3. The largest absolute Gasteiger partial charge is 0.338 e. The molecule has 2 heterocycles. The first-order chi connectivity index (χ1) is 14.2. The molecule has 0 spiro atoms. The van der Waals surface area contributed by atoms with Crippen molar-refractivity contribution >= 4 is 34.2 Å². The van der Waals surface area contributed by atoms with Gasteiger partial charge in [-0.05, 0) is 35.9 Å². The molecular formula is C23H18N4O2. The maximum Gasteiger partial charge on any atom is 0.232 e. The van der Waals surface area contributed by atoms with Gasteiger partial charge in [-0.25, -0.2) is 4.98 Å². The van der Waals surface area contributed by atoms with Crippen molar-refractivity contribution in [2.75, 3.05) is 10.6 Å². The Bertz CT molecular complexity index is 1210. The number of nitrogens with one attached hydrogen (secondary N) is 3. The molecule has 6 heteroatoms. The Morgan fingerprint density at radius 3 is 2.72 bits per heavy atom. The number of imidazole rings is 1. The minimum Gasteiger partial charge on any atom is -0.338 e. The van der Waals surface area contributed by atoms with Crippen LogP contribution in [0.3, 0.4) is 0 Å². The van der Waals surface area contributed by atoms with E-state index in [4.69, 9.17) is 0 Å². The Morgan fingerprint density at radius 1 is 1.00 bits per heavy atom. The Balaban J connectivity index is 1.42. The summed E-state index contributed by atoms with van der Waals surface area (Å²) in [6.45, 7) is 0. The molecule has 0 aliphatic carbocycles. The van der Waals surface area contributed by atoms with E-state index in [1.165, 1.54) is 0 Å². The lowest BCUT2D eigenvalue weighted by Gasteiger charge is -2.24. The highest BCUT2D eigenvalue weighted by Crippen LogP contribution is 2.33. The van der Waals surface area contributed by atoms with Crippen LogP contribution < -0.4 is 10.6 Å². The molecule has 3 aromatic carbocycles. The molecule has 2 amide bonds. The summed E-state index contributed by atoms with van der Waals surface area (Å²) >= 11 is 0. The normalized spacial score (nSPS) is 15.6. The van der Waals surface area contributed by atoms with Crippen molar-refractivity contribution in [3.63, 3.8) is 0 Å². The van der Waals surface area contributed by atoms with Crippen LogP contribution in [0.4, 0.5) is 11.4 Å². The van der Waals surface area contributed by atoms with Crippen molar-refractivity contribution < 1.29 is 9.59 Å². The lowest BCUT2D eigenvalue weighted by Crippen LogP contribution is -2.30. The summed E-state index contributed by atoms with van der Waals surface area (Å²) in [5, 5.41) is 5.78. The number of aromatic nitrogens is 2. The van der Waals surface area contributed by atoms with E-state index in [0.717, 1.165) is 28.0 Å². The zero-order valence-electron chi connectivity index (χ0n) is 15.5. The van der Waals surface area contributed by atoms with Crippen LogP contribution in [0.1, 0.15) is 17.9 Å². The van der Waals surface area contributed by atoms with E-state index in [-0.39, 0.29) is 18.2 Å². The summed E-state index contributed by atoms with van der Waals surface area (Å²) < 4.78 is 0. The number of nitrogens with zero attached hydrogens (tertiary/aromatic N) is 1. The highest BCUT2D eigenvalue weighted by molar-refractivity contribution is 6.05. The summed E-state index contributed by atoms with van der Waals surface area (Å²) in [5.41, 5.74) is 4.92. The third-order valence-electron chi connectivity index (χ3n) is 5.11. The molecule has 0 bridgehead atoms. The molecule has 1 atom stereocenters. The topological polar surface area (TPSA) is 86.9 Å². The van der Waals surface area contributed by atoms with Gasteiger partial charge in [0.15, 0.2) is 0 Å². The maximum atomic E-state index is 12.9. The van der Waals surface area contributed by atoms with Crippen molar-refractivity contribution in [3.05, 3.63) is 78.4 Å². The van der Waals surface area contributed by atoms with Crippen LogP contribution in [0.15, 0.2) is 72.8 Å². The average Bonchev–Trinajstić information content (AvgIpc) is 3.17. The molecule has 142 valence electrons. The Morgan fingerprint density at radius 2 is 1.83 bits per heavy atom. The SMILES string of the molecule is O=C1CC(C(=O)Nc2cccc(-c3nc4ccccc4[nH]3)c2)c2ccccc2N1. The summed E-state index contributed by atoms with van der Waals surface area (Å²) in [4.78, 5) is 32.9. The zero-order valence-corrected chi connectivity index (χ0v) is 15.5. The molecule has 1 unspecified atom stereocenters. The number of amides is 2. The number of aromatic amines is 1. The van der Waals surface area contributed by atoms with Crippen LogP contribution in [0, 0.1) is 0 Å². The van der Waals surface area contributed by atoms with Crippen molar-refractivity contribution in [3.8, 4) is 11.4 Å². The van der Waals surface area contributed by atoms with Crippen molar-refractivity contribution in [2.45, 2.75) is 12.3 Å². The number of H-pyrrole nitrogens is 1. The standard InChI is InChI=1S/C23H18N4O2/c28-21-13-17(16-8-1-2-9-18(16)25-21)23(29)24-15-7-5-6-14(12-15)22-26-19-10-3-4-11-20(19)27-22/h1-12,17H,13H2,(H,24,29)(H,25,28)(H,26,27). The van der Waals surface area contributed by atoms with Gasteiger partial charge in [-0.3, -0.25) is 9.59 Å². The minimum atomic E-state index is -0.519. The van der Waals surface area contributed by atoms with Gasteiger partial charge >= 0.3 is 0 Å². The van der Waals surface area contributed by atoms with Gasteiger partial charge in [-0.2, -0.15) is 0 Å². The maximum absolute atomic E-state index is 12.9. The molecule has 1 aliphatic heterocycles. The predicted molar refractivity (Wildman–Crippen MR) is 113 cm³/mol. The van der Waals surface area contributed by atoms with Crippen LogP contribution in [-0.2, 0) is 9.59 Å². The average molecular weight is 382 g/mol.